The predicted molar refractivity (Wildman–Crippen MR) is 168 cm³/mol. The number of halogens is 3. The van der Waals surface area contributed by atoms with Gasteiger partial charge in [-0.1, -0.05) is 66.2 Å². The zero-order valence-electron chi connectivity index (χ0n) is 24.2. The molecule has 2 unspecified atom stereocenters. The first-order valence-corrected chi connectivity index (χ1v) is 14.4. The second-order valence-electron chi connectivity index (χ2n) is 10.5. The molecule has 0 radical (unpaired) electrons. The van der Waals surface area contributed by atoms with Gasteiger partial charge in [-0.15, -0.1) is 0 Å². The van der Waals surface area contributed by atoms with E-state index in [2.05, 4.69) is 15.6 Å². The van der Waals surface area contributed by atoms with Crippen LogP contribution in [0.25, 0.3) is 22.0 Å². The molecule has 0 fully saturated rings. The Kier molecular flexibility index (Phi) is 9.35. The molecule has 1 aromatic heterocycles. The quantitative estimate of drug-likeness (QED) is 0.166. The van der Waals surface area contributed by atoms with E-state index in [0.29, 0.717) is 38.2 Å². The van der Waals surface area contributed by atoms with Crippen molar-refractivity contribution in [3.8, 4) is 17.2 Å². The third-order valence-corrected chi connectivity index (χ3v) is 7.77. The van der Waals surface area contributed by atoms with Gasteiger partial charge in [-0.3, -0.25) is 14.6 Å². The molecule has 5 aromatic rings. The maximum absolute atomic E-state index is 15.1. The molecule has 0 saturated heterocycles. The van der Waals surface area contributed by atoms with Crippen molar-refractivity contribution in [2.24, 2.45) is 0 Å². The number of nitrogens with zero attached hydrogens (tertiary/aromatic N) is 2. The molecule has 1 heterocycles. The summed E-state index contributed by atoms with van der Waals surface area (Å²) in [5.74, 6) is -6.13. The van der Waals surface area contributed by atoms with Gasteiger partial charge in [0, 0.05) is 39.7 Å². The number of aromatic nitrogens is 1. The minimum atomic E-state index is -1.58. The highest BCUT2D eigenvalue weighted by Crippen LogP contribution is 2.35. The van der Waals surface area contributed by atoms with Crippen molar-refractivity contribution in [3.63, 3.8) is 0 Å². The fourth-order valence-corrected chi connectivity index (χ4v) is 5.39. The number of pyridine rings is 1. The smallest absolute Gasteiger partial charge is 0.326 e. The molecule has 11 heteroatoms. The van der Waals surface area contributed by atoms with E-state index >= 15 is 8.78 Å². The van der Waals surface area contributed by atoms with Crippen LogP contribution in [-0.4, -0.2) is 33.9 Å². The second kappa shape index (κ2) is 13.5. The number of hydrogen-bond donors (Lipinski definition) is 3. The highest BCUT2D eigenvalue weighted by Gasteiger charge is 2.27. The molecular weight excluding hydrogens is 614 g/mol. The van der Waals surface area contributed by atoms with Crippen molar-refractivity contribution >= 4 is 40.3 Å². The summed E-state index contributed by atoms with van der Waals surface area (Å²) in [6.45, 7) is 1.71. The lowest BCUT2D eigenvalue weighted by Crippen LogP contribution is -2.43. The minimum Gasteiger partial charge on any atom is -0.480 e. The van der Waals surface area contributed by atoms with Gasteiger partial charge in [-0.2, -0.15) is 5.26 Å². The summed E-state index contributed by atoms with van der Waals surface area (Å²) < 4.78 is 30.2. The SMILES string of the molecule is CC(NC(=O)c1cc(F)c(C(=O)NC(Cc2ccc(-c3ccc(C#N)cc3Cl)c3ncccc23)C(=O)O)c(F)c1)c1ccccc1. The van der Waals surface area contributed by atoms with Gasteiger partial charge in [0.2, 0.25) is 0 Å². The lowest BCUT2D eigenvalue weighted by atomic mass is 9.94. The Balaban J connectivity index is 1.38. The minimum absolute atomic E-state index is 0.244. The molecule has 2 atom stereocenters. The standard InChI is InChI=1S/C35H25ClF2N4O4/c1-19(21-6-3-2-4-7-21)41-33(43)23-15-28(37)31(29(38)16-23)34(44)42-30(35(45)46)17-22-10-12-26(32-24(22)8-5-13-40-32)25-11-9-20(18-39)14-27(25)36/h2-16,19,30H,17H2,1H3,(H,41,43)(H,42,44)(H,45,46). The number of fused-ring (bicyclic) bond motifs is 1. The van der Waals surface area contributed by atoms with Crippen LogP contribution in [0.1, 0.15) is 50.4 Å². The zero-order valence-corrected chi connectivity index (χ0v) is 25.0. The number of nitriles is 1. The maximum atomic E-state index is 15.1. The van der Waals surface area contributed by atoms with Crippen molar-refractivity contribution in [2.75, 3.05) is 0 Å². The molecule has 0 spiro atoms. The van der Waals surface area contributed by atoms with Crippen LogP contribution >= 0.6 is 11.6 Å². The van der Waals surface area contributed by atoms with Gasteiger partial charge in [0.25, 0.3) is 11.8 Å². The Morgan fingerprint density at radius 1 is 0.913 bits per heavy atom. The third kappa shape index (κ3) is 6.70. The monoisotopic (exact) mass is 638 g/mol. The van der Waals surface area contributed by atoms with E-state index in [1.165, 1.54) is 6.07 Å². The number of hydrogen-bond acceptors (Lipinski definition) is 5. The van der Waals surface area contributed by atoms with Crippen molar-refractivity contribution in [1.29, 1.82) is 5.26 Å². The highest BCUT2D eigenvalue weighted by atomic mass is 35.5. The number of carboxylic acids is 1. The number of carbonyl (C=O) groups excluding carboxylic acids is 2. The largest absolute Gasteiger partial charge is 0.480 e. The maximum Gasteiger partial charge on any atom is 0.326 e. The molecule has 2 amide bonds. The first kappa shape index (κ1) is 31.8. The predicted octanol–water partition coefficient (Wildman–Crippen LogP) is 6.62. The van der Waals surface area contributed by atoms with Gasteiger partial charge < -0.3 is 15.7 Å². The van der Waals surface area contributed by atoms with Gasteiger partial charge >= 0.3 is 5.97 Å². The topological polar surface area (TPSA) is 132 Å². The molecule has 230 valence electrons. The van der Waals surface area contributed by atoms with Gasteiger partial charge in [0.1, 0.15) is 23.2 Å². The van der Waals surface area contributed by atoms with Crippen molar-refractivity contribution in [2.45, 2.75) is 25.4 Å². The normalized spacial score (nSPS) is 12.2. The van der Waals surface area contributed by atoms with Crippen LogP contribution in [0.3, 0.4) is 0 Å². The Labute approximate surface area is 267 Å². The van der Waals surface area contributed by atoms with Crippen LogP contribution in [0.15, 0.2) is 91.1 Å². The van der Waals surface area contributed by atoms with Crippen molar-refractivity contribution in [1.82, 2.24) is 15.6 Å². The number of carbonyl (C=O) groups is 3. The first-order valence-electron chi connectivity index (χ1n) is 14.0. The fourth-order valence-electron chi connectivity index (χ4n) is 5.11. The molecule has 0 bridgehead atoms. The van der Waals surface area contributed by atoms with Crippen molar-refractivity contribution < 1.29 is 28.3 Å². The molecule has 46 heavy (non-hydrogen) atoms. The van der Waals surface area contributed by atoms with Crippen LogP contribution in [-0.2, 0) is 11.2 Å². The summed E-state index contributed by atoms with van der Waals surface area (Å²) in [6, 6.07) is 22.0. The number of nitrogens with one attached hydrogen (secondary N) is 2. The zero-order chi connectivity index (χ0) is 33.0. The van der Waals surface area contributed by atoms with E-state index in [-0.39, 0.29) is 12.0 Å². The van der Waals surface area contributed by atoms with Crippen LogP contribution < -0.4 is 10.6 Å². The molecule has 5 rings (SSSR count). The average Bonchev–Trinajstić information content (AvgIpc) is 3.04. The number of rotatable bonds is 9. The van der Waals surface area contributed by atoms with Gasteiger partial charge in [0.05, 0.1) is 23.2 Å². The molecule has 8 nitrogen and oxygen atoms in total. The van der Waals surface area contributed by atoms with Gasteiger partial charge in [-0.25, -0.2) is 13.6 Å². The van der Waals surface area contributed by atoms with Crippen LogP contribution in [0.2, 0.25) is 5.02 Å². The number of benzene rings is 4. The molecule has 4 aromatic carbocycles. The van der Waals surface area contributed by atoms with Crippen molar-refractivity contribution in [3.05, 3.63) is 136 Å². The summed E-state index contributed by atoms with van der Waals surface area (Å²) in [5, 5.41) is 24.9. The number of carboxylic acid groups (broad SMARTS) is 1. The second-order valence-corrected chi connectivity index (χ2v) is 10.9. The molecular formula is C35H25ClF2N4O4. The van der Waals surface area contributed by atoms with Crippen LogP contribution in [0.5, 0.6) is 0 Å². The fraction of sp³-hybridized carbons (Fsp3) is 0.114. The summed E-state index contributed by atoms with van der Waals surface area (Å²) >= 11 is 6.44. The van der Waals surface area contributed by atoms with E-state index in [9.17, 15) is 19.5 Å². The van der Waals surface area contributed by atoms with E-state index < -0.39 is 47.1 Å². The highest BCUT2D eigenvalue weighted by molar-refractivity contribution is 6.33. The van der Waals surface area contributed by atoms with Crippen LogP contribution in [0, 0.1) is 23.0 Å². The molecule has 0 aliphatic carbocycles. The number of amides is 2. The van der Waals surface area contributed by atoms with E-state index in [4.69, 9.17) is 16.9 Å². The molecule has 0 saturated carbocycles. The molecule has 0 aliphatic rings. The van der Waals surface area contributed by atoms with E-state index in [1.54, 1.807) is 73.8 Å². The van der Waals surface area contributed by atoms with Crippen LogP contribution in [0.4, 0.5) is 8.78 Å². The Morgan fingerprint density at radius 3 is 2.26 bits per heavy atom. The van der Waals surface area contributed by atoms with E-state index in [1.807, 2.05) is 12.1 Å². The summed E-state index contributed by atoms with van der Waals surface area (Å²) in [4.78, 5) is 42.4. The first-order chi connectivity index (χ1) is 22.1. The Hall–Kier alpha value is -5.66. The lowest BCUT2D eigenvalue weighted by molar-refractivity contribution is -0.139. The summed E-state index contributed by atoms with van der Waals surface area (Å²) in [7, 11) is 0. The average molecular weight is 639 g/mol. The van der Waals surface area contributed by atoms with Gasteiger partial charge in [-0.05, 0) is 48.4 Å². The lowest BCUT2D eigenvalue weighted by Gasteiger charge is -2.18. The summed E-state index contributed by atoms with van der Waals surface area (Å²) in [6.07, 6.45) is 1.31. The van der Waals surface area contributed by atoms with E-state index in [0.717, 1.165) is 17.7 Å². The third-order valence-electron chi connectivity index (χ3n) is 7.45. The van der Waals surface area contributed by atoms with Gasteiger partial charge in [0.15, 0.2) is 0 Å². The number of aliphatic carboxylic acids is 1. The summed E-state index contributed by atoms with van der Waals surface area (Å²) in [5.41, 5.74) is 2.03. The molecule has 3 N–H and O–H groups in total. The Morgan fingerprint density at radius 2 is 1.61 bits per heavy atom. The molecule has 0 aliphatic heterocycles. The Bertz CT molecular complexity index is 2010.